The van der Waals surface area contributed by atoms with Crippen molar-refractivity contribution in [3.05, 3.63) is 77.1 Å². The van der Waals surface area contributed by atoms with Crippen LogP contribution in [0.2, 0.25) is 5.02 Å². The summed E-state index contributed by atoms with van der Waals surface area (Å²) < 4.78 is 12.3. The number of carbonyl (C=O) groups is 2. The highest BCUT2D eigenvalue weighted by molar-refractivity contribution is 6.30. The van der Waals surface area contributed by atoms with Crippen molar-refractivity contribution in [3.63, 3.8) is 0 Å². The first-order valence-corrected chi connectivity index (χ1v) is 12.2. The lowest BCUT2D eigenvalue weighted by molar-refractivity contribution is -0.134. The lowest BCUT2D eigenvalue weighted by Gasteiger charge is -2.33. The van der Waals surface area contributed by atoms with Gasteiger partial charge in [0, 0.05) is 17.9 Å². The number of aliphatic hydroxyl groups is 1. The molecule has 3 aromatic rings. The van der Waals surface area contributed by atoms with Gasteiger partial charge in [0.25, 0.3) is 0 Å². The van der Waals surface area contributed by atoms with Crippen LogP contribution in [-0.4, -0.2) is 40.8 Å². The largest absolute Gasteiger partial charge is 0.493 e. The van der Waals surface area contributed by atoms with Gasteiger partial charge in [0.1, 0.15) is 11.4 Å². The van der Waals surface area contributed by atoms with Crippen molar-refractivity contribution >= 4 is 45.6 Å². The maximum atomic E-state index is 13.9. The zero-order valence-corrected chi connectivity index (χ0v) is 20.2. The molecule has 7 nitrogen and oxygen atoms in total. The molecule has 5 atom stereocenters. The minimum Gasteiger partial charge on any atom is -0.493 e. The van der Waals surface area contributed by atoms with Gasteiger partial charge in [0.15, 0.2) is 5.69 Å². The molecule has 3 aromatic carbocycles. The number of anilines is 1. The summed E-state index contributed by atoms with van der Waals surface area (Å²) >= 11 is 5.95. The first kappa shape index (κ1) is 23.0. The van der Waals surface area contributed by atoms with E-state index < -0.39 is 29.1 Å². The van der Waals surface area contributed by atoms with Crippen LogP contribution in [-0.2, 0) is 14.3 Å². The standard InChI is InChI=1S/C28H23ClN2O5/c1-27-22(32)15-28(36-27,13-14-35-17-9-7-16(29)8-10-17)24-23(27)25(33)31(26(24)34)21-12-11-20(30-2)18-5-3-4-6-19(18)21/h3-12,22-24,32H,13-15H2,1H3/t22?,23-,24+,27?,28?/m1/s1. The van der Waals surface area contributed by atoms with Gasteiger partial charge in [0.05, 0.1) is 42.4 Å². The molecule has 3 aliphatic heterocycles. The first-order valence-electron chi connectivity index (χ1n) is 11.8. The third-order valence-corrected chi connectivity index (χ3v) is 8.21. The highest BCUT2D eigenvalue weighted by Crippen LogP contribution is 2.62. The van der Waals surface area contributed by atoms with E-state index in [0.29, 0.717) is 39.3 Å². The van der Waals surface area contributed by atoms with Crippen LogP contribution in [0.1, 0.15) is 19.8 Å². The second kappa shape index (κ2) is 8.04. The van der Waals surface area contributed by atoms with Crippen LogP contribution >= 0.6 is 11.6 Å². The van der Waals surface area contributed by atoms with Crippen molar-refractivity contribution < 1.29 is 24.2 Å². The maximum absolute atomic E-state index is 13.9. The van der Waals surface area contributed by atoms with Gasteiger partial charge < -0.3 is 14.6 Å². The number of aliphatic hydroxyl groups excluding tert-OH is 1. The number of benzene rings is 3. The normalized spacial score (nSPS) is 30.6. The highest BCUT2D eigenvalue weighted by Gasteiger charge is 2.77. The van der Waals surface area contributed by atoms with Crippen LogP contribution in [0, 0.1) is 18.4 Å². The molecular formula is C28H23ClN2O5. The van der Waals surface area contributed by atoms with Gasteiger partial charge in [-0.25, -0.2) is 9.74 Å². The Labute approximate surface area is 213 Å². The van der Waals surface area contributed by atoms with E-state index >= 15 is 0 Å². The summed E-state index contributed by atoms with van der Waals surface area (Å²) in [4.78, 5) is 32.6. The molecule has 6 rings (SSSR count). The average Bonchev–Trinajstić information content (AvgIpc) is 3.41. The number of halogens is 1. The number of rotatable bonds is 5. The number of hydrogen-bond acceptors (Lipinski definition) is 5. The van der Waals surface area contributed by atoms with E-state index in [4.69, 9.17) is 27.6 Å². The molecule has 0 radical (unpaired) electrons. The molecular weight excluding hydrogens is 480 g/mol. The van der Waals surface area contributed by atoms with Crippen LogP contribution in [0.25, 0.3) is 15.6 Å². The summed E-state index contributed by atoms with van der Waals surface area (Å²) in [6, 6.07) is 17.5. The Balaban J connectivity index is 1.35. The van der Waals surface area contributed by atoms with Gasteiger partial charge in [-0.2, -0.15) is 0 Å². The summed E-state index contributed by atoms with van der Waals surface area (Å²) in [6.45, 7) is 9.44. The van der Waals surface area contributed by atoms with Gasteiger partial charge in [-0.1, -0.05) is 41.9 Å². The van der Waals surface area contributed by atoms with E-state index in [2.05, 4.69) is 4.85 Å². The fourth-order valence-corrected chi connectivity index (χ4v) is 6.42. The smallest absolute Gasteiger partial charge is 0.240 e. The van der Waals surface area contributed by atoms with Gasteiger partial charge in [-0.15, -0.1) is 0 Å². The Kier molecular flexibility index (Phi) is 5.13. The summed E-state index contributed by atoms with van der Waals surface area (Å²) in [5, 5.41) is 12.9. The Morgan fingerprint density at radius 1 is 1.08 bits per heavy atom. The quantitative estimate of drug-likeness (QED) is 0.396. The van der Waals surface area contributed by atoms with E-state index in [9.17, 15) is 14.7 Å². The number of ether oxygens (including phenoxy) is 2. The second-order valence-electron chi connectivity index (χ2n) is 9.85. The number of hydrogen-bond donors (Lipinski definition) is 1. The highest BCUT2D eigenvalue weighted by atomic mass is 35.5. The lowest BCUT2D eigenvalue weighted by Crippen LogP contribution is -2.49. The molecule has 0 aliphatic carbocycles. The number of nitrogens with zero attached hydrogens (tertiary/aromatic N) is 2. The van der Waals surface area contributed by atoms with Crippen LogP contribution in [0.5, 0.6) is 5.75 Å². The molecule has 8 heteroatoms. The lowest BCUT2D eigenvalue weighted by atomic mass is 9.66. The van der Waals surface area contributed by atoms with Gasteiger partial charge in [-0.3, -0.25) is 9.59 Å². The number of amides is 2. The van der Waals surface area contributed by atoms with Crippen LogP contribution < -0.4 is 9.64 Å². The van der Waals surface area contributed by atoms with Gasteiger partial charge in [-0.05, 0) is 48.0 Å². The number of carbonyl (C=O) groups excluding carboxylic acids is 2. The monoisotopic (exact) mass is 502 g/mol. The molecule has 2 bridgehead atoms. The van der Waals surface area contributed by atoms with Crippen molar-refractivity contribution in [1.82, 2.24) is 0 Å². The minimum absolute atomic E-state index is 0.248. The molecule has 3 fully saturated rings. The Hall–Kier alpha value is -3.44. The molecule has 3 saturated heterocycles. The molecule has 3 unspecified atom stereocenters. The molecule has 0 spiro atoms. The zero-order chi connectivity index (χ0) is 25.2. The molecule has 2 amide bonds. The zero-order valence-electron chi connectivity index (χ0n) is 19.5. The fourth-order valence-electron chi connectivity index (χ4n) is 6.29. The topological polar surface area (TPSA) is 80.4 Å². The number of fused-ring (bicyclic) bond motifs is 6. The van der Waals surface area contributed by atoms with Crippen molar-refractivity contribution in [2.24, 2.45) is 11.8 Å². The van der Waals surface area contributed by atoms with Gasteiger partial charge >= 0.3 is 0 Å². The molecule has 0 saturated carbocycles. The minimum atomic E-state index is -1.17. The van der Waals surface area contributed by atoms with Crippen molar-refractivity contribution in [3.8, 4) is 5.75 Å². The van der Waals surface area contributed by atoms with E-state index in [1.165, 1.54) is 4.90 Å². The Morgan fingerprint density at radius 2 is 1.78 bits per heavy atom. The SMILES string of the molecule is [C-]#[N+]c1ccc(N2C(=O)[C@@H]3[C@H](C2=O)C2(C)OC3(CCOc3ccc(Cl)cc3)CC2O)c2ccccc12. The van der Waals surface area contributed by atoms with Crippen molar-refractivity contribution in [2.45, 2.75) is 37.1 Å². The third kappa shape index (κ3) is 3.12. The summed E-state index contributed by atoms with van der Waals surface area (Å²) in [6.07, 6.45) is -0.292. The second-order valence-corrected chi connectivity index (χ2v) is 10.3. The average molecular weight is 503 g/mol. The van der Waals surface area contributed by atoms with Crippen LogP contribution in [0.4, 0.5) is 11.4 Å². The molecule has 1 N–H and O–H groups in total. The van der Waals surface area contributed by atoms with Crippen molar-refractivity contribution in [1.29, 1.82) is 0 Å². The number of imide groups is 1. The third-order valence-electron chi connectivity index (χ3n) is 7.96. The van der Waals surface area contributed by atoms with Crippen molar-refractivity contribution in [2.75, 3.05) is 11.5 Å². The molecule has 3 aliphatic rings. The van der Waals surface area contributed by atoms with E-state index in [1.807, 2.05) is 24.3 Å². The predicted molar refractivity (Wildman–Crippen MR) is 134 cm³/mol. The Morgan fingerprint density at radius 3 is 2.50 bits per heavy atom. The summed E-state index contributed by atoms with van der Waals surface area (Å²) in [7, 11) is 0. The molecule has 182 valence electrons. The van der Waals surface area contributed by atoms with E-state index in [0.717, 1.165) is 0 Å². The van der Waals surface area contributed by atoms with E-state index in [-0.39, 0.29) is 24.8 Å². The fraction of sp³-hybridized carbons (Fsp3) is 0.321. The van der Waals surface area contributed by atoms with E-state index in [1.54, 1.807) is 43.3 Å². The summed E-state index contributed by atoms with van der Waals surface area (Å²) in [5.74, 6) is -1.62. The molecule has 3 heterocycles. The maximum Gasteiger partial charge on any atom is 0.240 e. The van der Waals surface area contributed by atoms with Crippen LogP contribution in [0.3, 0.4) is 0 Å². The molecule has 36 heavy (non-hydrogen) atoms. The Bertz CT molecular complexity index is 1450. The summed E-state index contributed by atoms with van der Waals surface area (Å²) in [5.41, 5.74) is -1.28. The first-order chi connectivity index (χ1) is 17.3. The van der Waals surface area contributed by atoms with Crippen LogP contribution in [0.15, 0.2) is 60.7 Å². The predicted octanol–water partition coefficient (Wildman–Crippen LogP) is 4.91. The van der Waals surface area contributed by atoms with Gasteiger partial charge in [0.2, 0.25) is 11.8 Å². The molecule has 0 aromatic heterocycles.